The molecule has 43 heavy (non-hydrogen) atoms. The van der Waals surface area contributed by atoms with Crippen LogP contribution in [0.2, 0.25) is 0 Å². The van der Waals surface area contributed by atoms with Crippen molar-refractivity contribution in [3.05, 3.63) is 71.0 Å². The third kappa shape index (κ3) is 5.06. The number of piperazine rings is 1. The van der Waals surface area contributed by atoms with Gasteiger partial charge in [-0.2, -0.15) is 0 Å². The zero-order valence-corrected chi connectivity index (χ0v) is 24.3. The van der Waals surface area contributed by atoms with Crippen LogP contribution >= 0.6 is 0 Å². The molecule has 6 rings (SSSR count). The van der Waals surface area contributed by atoms with Crippen molar-refractivity contribution < 1.29 is 43.1 Å². The minimum Gasteiger partial charge on any atom is -0.493 e. The van der Waals surface area contributed by atoms with Gasteiger partial charge >= 0.3 is 0 Å². The Hall–Kier alpha value is -4.22. The van der Waals surface area contributed by atoms with Gasteiger partial charge in [0.05, 0.1) is 33.4 Å². The molecule has 11 heteroatoms. The van der Waals surface area contributed by atoms with Crippen molar-refractivity contribution in [3.8, 4) is 28.7 Å². The minimum atomic E-state index is -1.12. The number of aliphatic hydroxyl groups excluding tert-OH is 2. The molecule has 1 fully saturated rings. The van der Waals surface area contributed by atoms with E-state index < -0.39 is 30.5 Å². The first-order valence-electron chi connectivity index (χ1n) is 14.2. The molecule has 228 valence electrons. The van der Waals surface area contributed by atoms with E-state index in [9.17, 15) is 19.4 Å². The molecular formula is C32H35FN2O8. The van der Waals surface area contributed by atoms with E-state index >= 15 is 0 Å². The fraction of sp³-hybridized carbons (Fsp3) is 0.406. The van der Waals surface area contributed by atoms with E-state index in [4.69, 9.17) is 23.7 Å². The lowest BCUT2D eigenvalue weighted by Gasteiger charge is -2.45. The number of carbonyl (C=O) groups is 1. The summed E-state index contributed by atoms with van der Waals surface area (Å²) in [4.78, 5) is 18.4. The van der Waals surface area contributed by atoms with Crippen molar-refractivity contribution in [3.63, 3.8) is 0 Å². The Labute approximate surface area is 249 Å². The second-order valence-electron chi connectivity index (χ2n) is 10.9. The van der Waals surface area contributed by atoms with Gasteiger partial charge in [0.1, 0.15) is 5.82 Å². The Balaban J connectivity index is 1.42. The Morgan fingerprint density at radius 1 is 0.907 bits per heavy atom. The van der Waals surface area contributed by atoms with Crippen LogP contribution in [0.3, 0.4) is 0 Å². The number of rotatable bonds is 7. The molecule has 0 saturated carbocycles. The average molecular weight is 595 g/mol. The van der Waals surface area contributed by atoms with E-state index in [-0.39, 0.29) is 18.5 Å². The highest BCUT2D eigenvalue weighted by Gasteiger charge is 2.49. The lowest BCUT2D eigenvalue weighted by atomic mass is 9.64. The number of hydrogen-bond donors (Lipinski definition) is 2. The quantitative estimate of drug-likeness (QED) is 0.426. The van der Waals surface area contributed by atoms with Gasteiger partial charge in [0.2, 0.25) is 18.4 Å². The van der Waals surface area contributed by atoms with E-state index in [1.807, 2.05) is 6.07 Å². The number of nitrogens with zero attached hydrogens (tertiary/aromatic N) is 2. The molecule has 0 bridgehead atoms. The molecule has 2 heterocycles. The van der Waals surface area contributed by atoms with Gasteiger partial charge in [0.25, 0.3) is 0 Å². The van der Waals surface area contributed by atoms with Crippen LogP contribution in [0.5, 0.6) is 28.7 Å². The maximum atomic E-state index is 14.5. The first-order chi connectivity index (χ1) is 20.9. The van der Waals surface area contributed by atoms with E-state index in [0.717, 1.165) is 5.69 Å². The van der Waals surface area contributed by atoms with Crippen LogP contribution in [0, 0.1) is 17.7 Å². The zero-order chi connectivity index (χ0) is 30.2. The summed E-state index contributed by atoms with van der Waals surface area (Å²) in [7, 11) is 4.57. The van der Waals surface area contributed by atoms with Gasteiger partial charge in [-0.3, -0.25) is 4.79 Å². The van der Waals surface area contributed by atoms with Gasteiger partial charge in [-0.1, -0.05) is 0 Å². The van der Waals surface area contributed by atoms with Crippen LogP contribution in [0.4, 0.5) is 10.1 Å². The molecule has 3 aromatic carbocycles. The number of amides is 1. The number of halogens is 1. The van der Waals surface area contributed by atoms with Gasteiger partial charge in [-0.05, 0) is 65.2 Å². The number of fused-ring (bicyclic) bond motifs is 2. The van der Waals surface area contributed by atoms with Crippen molar-refractivity contribution >= 4 is 11.6 Å². The summed E-state index contributed by atoms with van der Waals surface area (Å²) in [6.45, 7) is 1.60. The second-order valence-corrected chi connectivity index (χ2v) is 10.9. The van der Waals surface area contributed by atoms with Crippen molar-refractivity contribution in [2.45, 2.75) is 12.0 Å². The van der Waals surface area contributed by atoms with E-state index in [1.165, 1.54) is 33.5 Å². The van der Waals surface area contributed by atoms with Crippen LogP contribution in [-0.2, 0) is 4.79 Å². The largest absolute Gasteiger partial charge is 0.493 e. The number of hydrogen-bond acceptors (Lipinski definition) is 9. The number of methoxy groups -OCH3 is 3. The molecule has 3 aliphatic rings. The number of aliphatic hydroxyl groups is 2. The fourth-order valence-corrected chi connectivity index (χ4v) is 6.62. The van der Waals surface area contributed by atoms with Crippen LogP contribution in [0.25, 0.3) is 0 Å². The Morgan fingerprint density at radius 3 is 2.07 bits per heavy atom. The van der Waals surface area contributed by atoms with Gasteiger partial charge in [-0.25, -0.2) is 4.39 Å². The highest BCUT2D eigenvalue weighted by molar-refractivity contribution is 5.82. The molecule has 4 atom stereocenters. The third-order valence-electron chi connectivity index (χ3n) is 8.78. The first kappa shape index (κ1) is 28.9. The van der Waals surface area contributed by atoms with Gasteiger partial charge < -0.3 is 43.7 Å². The Morgan fingerprint density at radius 2 is 1.51 bits per heavy atom. The first-order valence-corrected chi connectivity index (χ1v) is 14.2. The number of anilines is 1. The lowest BCUT2D eigenvalue weighted by Crippen LogP contribution is -2.53. The molecule has 0 unspecified atom stereocenters. The zero-order valence-electron chi connectivity index (χ0n) is 24.3. The van der Waals surface area contributed by atoms with Crippen LogP contribution in [-0.4, -0.2) is 81.9 Å². The predicted octanol–water partition coefficient (Wildman–Crippen LogP) is 3.33. The standard InChI is InChI=1S/C32H35FN2O8/c1-39-26-12-18(13-27(40-2)31(26)41-3)28-21-14-24-25(43-17-42-24)15-22(21)30(37)23(16-36)29(28)32(38)35-10-8-34(9-11-35)20-6-4-19(33)5-7-20/h4-7,12-15,23,28-30,36-37H,8-11,16-17H2,1-3H3/t23-,28+,29-,30-/m0/s1. The summed E-state index contributed by atoms with van der Waals surface area (Å²) >= 11 is 0. The summed E-state index contributed by atoms with van der Waals surface area (Å²) in [6, 6.07) is 13.5. The average Bonchev–Trinajstić information content (AvgIpc) is 3.51. The molecular weight excluding hydrogens is 559 g/mol. The summed E-state index contributed by atoms with van der Waals surface area (Å²) in [5, 5.41) is 22.3. The molecule has 2 N–H and O–H groups in total. The summed E-state index contributed by atoms with van der Waals surface area (Å²) in [5.74, 6) is -0.439. The number of carbonyl (C=O) groups excluding carboxylic acids is 1. The molecule has 2 aliphatic heterocycles. The minimum absolute atomic E-state index is 0.0489. The Kier molecular flexibility index (Phi) is 7.93. The fourth-order valence-electron chi connectivity index (χ4n) is 6.62. The van der Waals surface area contributed by atoms with E-state index in [1.54, 1.807) is 35.2 Å². The van der Waals surface area contributed by atoms with Gasteiger partial charge in [0, 0.05) is 50.3 Å². The molecule has 1 amide bonds. The van der Waals surface area contributed by atoms with Crippen LogP contribution in [0.1, 0.15) is 28.7 Å². The highest BCUT2D eigenvalue weighted by Crippen LogP contribution is 2.54. The van der Waals surface area contributed by atoms with Crippen molar-refractivity contribution in [1.82, 2.24) is 4.90 Å². The lowest BCUT2D eigenvalue weighted by molar-refractivity contribution is -0.142. The molecule has 10 nitrogen and oxygen atoms in total. The van der Waals surface area contributed by atoms with E-state index in [0.29, 0.717) is 71.6 Å². The molecule has 0 aromatic heterocycles. The highest BCUT2D eigenvalue weighted by atomic mass is 19.1. The SMILES string of the molecule is COc1cc([C@@H]2c3cc4c(cc3[C@H](O)[C@@H](CO)[C@@H]2C(=O)N2CCN(c3ccc(F)cc3)CC2)OCO4)cc(OC)c1OC. The maximum Gasteiger partial charge on any atom is 0.231 e. The number of benzene rings is 3. The van der Waals surface area contributed by atoms with Gasteiger partial charge in [-0.15, -0.1) is 0 Å². The summed E-state index contributed by atoms with van der Waals surface area (Å²) in [5.41, 5.74) is 2.84. The molecule has 3 aromatic rings. The third-order valence-corrected chi connectivity index (χ3v) is 8.78. The molecule has 0 radical (unpaired) electrons. The number of ether oxygens (including phenoxy) is 5. The monoisotopic (exact) mass is 594 g/mol. The van der Waals surface area contributed by atoms with Crippen molar-refractivity contribution in [2.75, 3.05) is 65.8 Å². The van der Waals surface area contributed by atoms with Crippen molar-refractivity contribution in [2.24, 2.45) is 11.8 Å². The van der Waals surface area contributed by atoms with Gasteiger partial charge in [0.15, 0.2) is 23.0 Å². The normalized spacial score (nSPS) is 22.7. The summed E-state index contributed by atoms with van der Waals surface area (Å²) in [6.07, 6.45) is -1.12. The van der Waals surface area contributed by atoms with Crippen LogP contribution < -0.4 is 28.6 Å². The topological polar surface area (TPSA) is 110 Å². The maximum absolute atomic E-state index is 14.5. The molecule has 1 aliphatic carbocycles. The van der Waals surface area contributed by atoms with Crippen molar-refractivity contribution in [1.29, 1.82) is 0 Å². The van der Waals surface area contributed by atoms with Crippen LogP contribution in [0.15, 0.2) is 48.5 Å². The second kappa shape index (κ2) is 11.8. The Bertz CT molecular complexity index is 1470. The smallest absolute Gasteiger partial charge is 0.231 e. The predicted molar refractivity (Wildman–Crippen MR) is 155 cm³/mol. The molecule has 1 saturated heterocycles. The van der Waals surface area contributed by atoms with E-state index in [2.05, 4.69) is 4.90 Å². The molecule has 0 spiro atoms. The summed E-state index contributed by atoms with van der Waals surface area (Å²) < 4.78 is 41.6.